The fraction of sp³-hybridized carbons (Fsp3) is 0.409. The number of nitrogens with one attached hydrogen (secondary N) is 1. The molecule has 1 aliphatic heterocycles. The number of halogens is 10. The zero-order valence-electron chi connectivity index (χ0n) is 18.5. The number of carbonyl (C=O) groups is 1. The van der Waals surface area contributed by atoms with E-state index in [-0.39, 0.29) is 22.9 Å². The van der Waals surface area contributed by atoms with Gasteiger partial charge in [-0.25, -0.2) is 13.2 Å². The highest BCUT2D eigenvalue weighted by molar-refractivity contribution is 6.30. The average Bonchev–Trinajstić information content (AvgIpc) is 3.19. The van der Waals surface area contributed by atoms with Gasteiger partial charge in [-0.3, -0.25) is 9.78 Å². The number of aryl methyl sites for hydroxylation is 1. The molecule has 0 saturated heterocycles. The highest BCUT2D eigenvalue weighted by atomic mass is 35.5. The number of hydrogen-bond donors (Lipinski definition) is 1. The molecule has 200 valence electrons. The lowest BCUT2D eigenvalue weighted by molar-refractivity contribution is -0.277. The molecule has 0 bridgehead atoms. The number of aromatic nitrogens is 1. The van der Waals surface area contributed by atoms with E-state index in [1.165, 1.54) is 6.92 Å². The molecule has 37 heavy (non-hydrogen) atoms. The van der Waals surface area contributed by atoms with Crippen LogP contribution < -0.4 is 5.32 Å². The maximum atomic E-state index is 14.8. The van der Waals surface area contributed by atoms with Gasteiger partial charge in [0.15, 0.2) is 0 Å². The first kappa shape index (κ1) is 27.0. The van der Waals surface area contributed by atoms with E-state index in [1.807, 2.05) is 0 Å². The summed E-state index contributed by atoms with van der Waals surface area (Å²) in [5, 5.41) is 4.91. The third kappa shape index (κ3) is 4.94. The lowest BCUT2D eigenvalue weighted by Crippen LogP contribution is -2.50. The van der Waals surface area contributed by atoms with Crippen molar-refractivity contribution in [2.45, 2.75) is 56.1 Å². The van der Waals surface area contributed by atoms with Crippen LogP contribution in [0.4, 0.5) is 39.5 Å². The quantitative estimate of drug-likeness (QED) is 0.447. The van der Waals surface area contributed by atoms with Crippen molar-refractivity contribution in [2.24, 2.45) is 5.16 Å². The molecule has 1 aliphatic carbocycles. The molecule has 1 amide bonds. The number of oxime groups is 1. The standard InChI is InChI=1S/C22H15ClF9N3O2/c1-9-2-15(33-8-12(9)18(36)34-11-5-19(25,26)6-11)16-7-20(37-35-16,22(30,31)32)13-3-10(23)4-14(17(13)24)21(27,28)29/h2-4,8,11H,5-7H2,1H3,(H,34,36). The van der Waals surface area contributed by atoms with Gasteiger partial charge in [-0.1, -0.05) is 16.8 Å². The first-order chi connectivity index (χ1) is 16.9. The first-order valence-corrected chi connectivity index (χ1v) is 10.9. The van der Waals surface area contributed by atoms with Gasteiger partial charge in [-0.05, 0) is 30.7 Å². The molecule has 1 aromatic heterocycles. The first-order valence-electron chi connectivity index (χ1n) is 10.5. The minimum absolute atomic E-state index is 0.0451. The topological polar surface area (TPSA) is 63.6 Å². The largest absolute Gasteiger partial charge is 0.435 e. The predicted octanol–water partition coefficient (Wildman–Crippen LogP) is 6.31. The Hall–Kier alpha value is -3.03. The van der Waals surface area contributed by atoms with Crippen LogP contribution in [-0.2, 0) is 16.6 Å². The monoisotopic (exact) mass is 559 g/mol. The maximum Gasteiger partial charge on any atom is 0.435 e. The fourth-order valence-corrected chi connectivity index (χ4v) is 4.31. The smallest absolute Gasteiger partial charge is 0.374 e. The lowest BCUT2D eigenvalue weighted by Gasteiger charge is -2.35. The summed E-state index contributed by atoms with van der Waals surface area (Å²) in [5.74, 6) is -5.82. The fourth-order valence-electron chi connectivity index (χ4n) is 4.09. The molecule has 1 atom stereocenters. The highest BCUT2D eigenvalue weighted by Crippen LogP contribution is 2.51. The van der Waals surface area contributed by atoms with Crippen LogP contribution >= 0.6 is 11.6 Å². The SMILES string of the molecule is Cc1cc(C2=NOC(c3cc(Cl)cc(C(F)(F)F)c3F)(C(F)(F)F)C2)ncc1C(=O)NC1CC(F)(F)C1. The molecular formula is C22H15ClF9N3O2. The normalized spacial score (nSPS) is 21.8. The zero-order valence-corrected chi connectivity index (χ0v) is 19.3. The number of hydrogen-bond acceptors (Lipinski definition) is 4. The Labute approximate surface area is 207 Å². The van der Waals surface area contributed by atoms with E-state index >= 15 is 0 Å². The zero-order chi connectivity index (χ0) is 27.6. The van der Waals surface area contributed by atoms with E-state index in [1.54, 1.807) is 0 Å². The Morgan fingerprint density at radius 3 is 2.32 bits per heavy atom. The molecule has 1 saturated carbocycles. The second-order valence-corrected chi connectivity index (χ2v) is 9.20. The number of amides is 1. The minimum atomic E-state index is -5.44. The van der Waals surface area contributed by atoms with Crippen LogP contribution in [0.5, 0.6) is 0 Å². The van der Waals surface area contributed by atoms with Crippen LogP contribution in [0.25, 0.3) is 0 Å². The highest BCUT2D eigenvalue weighted by Gasteiger charge is 2.64. The molecular weight excluding hydrogens is 545 g/mol. The van der Waals surface area contributed by atoms with Gasteiger partial charge in [0.25, 0.3) is 17.4 Å². The molecule has 2 aliphatic rings. The Morgan fingerprint density at radius 1 is 1.14 bits per heavy atom. The van der Waals surface area contributed by atoms with Gasteiger partial charge in [-0.15, -0.1) is 0 Å². The van der Waals surface area contributed by atoms with Gasteiger partial charge in [0, 0.05) is 35.7 Å². The maximum absolute atomic E-state index is 14.8. The van der Waals surface area contributed by atoms with Gasteiger partial charge in [0.2, 0.25) is 0 Å². The van der Waals surface area contributed by atoms with Crippen molar-refractivity contribution < 1.29 is 49.1 Å². The van der Waals surface area contributed by atoms with E-state index in [0.717, 1.165) is 12.3 Å². The molecule has 15 heteroatoms. The molecule has 0 radical (unpaired) electrons. The van der Waals surface area contributed by atoms with Crippen molar-refractivity contribution in [1.82, 2.24) is 10.3 Å². The van der Waals surface area contributed by atoms with Crippen molar-refractivity contribution >= 4 is 23.2 Å². The molecule has 5 nitrogen and oxygen atoms in total. The third-order valence-electron chi connectivity index (χ3n) is 6.04. The van der Waals surface area contributed by atoms with E-state index in [2.05, 4.69) is 20.3 Å². The van der Waals surface area contributed by atoms with Crippen LogP contribution in [0, 0.1) is 12.7 Å². The summed E-state index contributed by atoms with van der Waals surface area (Å²) in [5.41, 5.74) is -7.73. The number of rotatable bonds is 4. The Bertz CT molecular complexity index is 1290. The number of carbonyl (C=O) groups excluding carboxylic acids is 1. The Morgan fingerprint density at radius 2 is 1.78 bits per heavy atom. The summed E-state index contributed by atoms with van der Waals surface area (Å²) in [7, 11) is 0. The van der Waals surface area contributed by atoms with Crippen molar-refractivity contribution in [3.05, 3.63) is 63.2 Å². The van der Waals surface area contributed by atoms with Crippen LogP contribution in [0.3, 0.4) is 0 Å². The van der Waals surface area contributed by atoms with Crippen molar-refractivity contribution in [2.75, 3.05) is 0 Å². The van der Waals surface area contributed by atoms with Gasteiger partial charge in [0.1, 0.15) is 11.5 Å². The summed E-state index contributed by atoms with van der Waals surface area (Å²) < 4.78 is 123. The molecule has 4 rings (SSSR count). The number of alkyl halides is 8. The molecule has 2 heterocycles. The van der Waals surface area contributed by atoms with Crippen LogP contribution in [0.2, 0.25) is 5.02 Å². The van der Waals surface area contributed by atoms with E-state index < -0.39 is 82.8 Å². The lowest BCUT2D eigenvalue weighted by atomic mass is 9.85. The third-order valence-corrected chi connectivity index (χ3v) is 6.26. The van der Waals surface area contributed by atoms with Crippen molar-refractivity contribution in [3.63, 3.8) is 0 Å². The molecule has 0 spiro atoms. The number of pyridine rings is 1. The van der Waals surface area contributed by atoms with Crippen LogP contribution in [0.1, 0.15) is 52.0 Å². The second-order valence-electron chi connectivity index (χ2n) is 8.76. The second kappa shape index (κ2) is 8.77. The van der Waals surface area contributed by atoms with E-state index in [9.17, 15) is 44.3 Å². The minimum Gasteiger partial charge on any atom is -0.374 e. The molecule has 1 fully saturated rings. The van der Waals surface area contributed by atoms with Gasteiger partial charge in [0.05, 0.1) is 23.2 Å². The summed E-state index contributed by atoms with van der Waals surface area (Å²) in [6.07, 6.45) is -12.1. The van der Waals surface area contributed by atoms with E-state index in [0.29, 0.717) is 6.07 Å². The van der Waals surface area contributed by atoms with Gasteiger partial charge >= 0.3 is 12.4 Å². The van der Waals surface area contributed by atoms with Crippen LogP contribution in [-0.4, -0.2) is 34.7 Å². The van der Waals surface area contributed by atoms with E-state index in [4.69, 9.17) is 11.6 Å². The summed E-state index contributed by atoms with van der Waals surface area (Å²) in [6, 6.07) is 0.944. The van der Waals surface area contributed by atoms with Gasteiger partial charge in [-0.2, -0.15) is 26.3 Å². The average molecular weight is 560 g/mol. The summed E-state index contributed by atoms with van der Waals surface area (Å²) in [6.45, 7) is 1.40. The van der Waals surface area contributed by atoms with Crippen molar-refractivity contribution in [3.8, 4) is 0 Å². The number of nitrogens with zero attached hydrogens (tertiary/aromatic N) is 2. The molecule has 1 unspecified atom stereocenters. The summed E-state index contributed by atoms with van der Waals surface area (Å²) in [4.78, 5) is 20.8. The molecule has 2 aromatic rings. The molecule has 1 N–H and O–H groups in total. The Kier molecular flexibility index (Phi) is 6.41. The Balaban J connectivity index is 1.63. The molecule has 1 aromatic carbocycles. The predicted molar refractivity (Wildman–Crippen MR) is 111 cm³/mol. The van der Waals surface area contributed by atoms with Crippen LogP contribution in [0.15, 0.2) is 29.6 Å². The van der Waals surface area contributed by atoms with Crippen molar-refractivity contribution in [1.29, 1.82) is 0 Å². The number of benzene rings is 1. The summed E-state index contributed by atoms with van der Waals surface area (Å²) >= 11 is 5.59. The van der Waals surface area contributed by atoms with Gasteiger partial charge < -0.3 is 10.2 Å².